The van der Waals surface area contributed by atoms with E-state index in [1.807, 2.05) is 0 Å². The van der Waals surface area contributed by atoms with Gasteiger partial charge in [0.25, 0.3) is 0 Å². The van der Waals surface area contributed by atoms with Gasteiger partial charge in [0.05, 0.1) is 30.5 Å². The number of hydrogen-bond donors (Lipinski definition) is 2. The van der Waals surface area contributed by atoms with Crippen LogP contribution >= 0.6 is 0 Å². The summed E-state index contributed by atoms with van der Waals surface area (Å²) in [5.41, 5.74) is 5.30. The van der Waals surface area contributed by atoms with E-state index in [9.17, 15) is 13.2 Å². The third-order valence-electron chi connectivity index (χ3n) is 3.07. The number of fused-ring (bicyclic) bond motifs is 1. The van der Waals surface area contributed by atoms with E-state index in [4.69, 9.17) is 11.1 Å². The molecule has 0 aromatic carbocycles. The predicted octanol–water partition coefficient (Wildman–Crippen LogP) is 1.58. The molecule has 0 saturated carbocycles. The van der Waals surface area contributed by atoms with Gasteiger partial charge in [0, 0.05) is 5.56 Å². The molecule has 3 N–H and O–H groups in total. The van der Waals surface area contributed by atoms with Gasteiger partial charge in [-0.2, -0.15) is 5.10 Å². The van der Waals surface area contributed by atoms with Gasteiger partial charge in [-0.1, -0.05) is 0 Å². The fraction of sp³-hybridized carbons (Fsp3) is 0.0769. The van der Waals surface area contributed by atoms with Crippen molar-refractivity contribution >= 4 is 16.9 Å². The molecule has 0 radical (unpaired) electrons. The van der Waals surface area contributed by atoms with Gasteiger partial charge in [-0.15, -0.1) is 0 Å². The highest BCUT2D eigenvalue weighted by Crippen LogP contribution is 2.20. The van der Waals surface area contributed by atoms with Crippen LogP contribution in [0.15, 0.2) is 24.7 Å². The minimum atomic E-state index is -0.838. The highest BCUT2D eigenvalue weighted by atomic mass is 19.1. The highest BCUT2D eigenvalue weighted by molar-refractivity contribution is 6.04. The molecule has 3 aromatic heterocycles. The number of nitrogens with one attached hydrogen (secondary N) is 1. The van der Waals surface area contributed by atoms with Crippen molar-refractivity contribution in [1.82, 2.24) is 19.7 Å². The van der Waals surface area contributed by atoms with E-state index in [1.54, 1.807) is 0 Å². The largest absolute Gasteiger partial charge is 0.382 e. The summed E-state index contributed by atoms with van der Waals surface area (Å²) in [6.07, 6.45) is 2.70. The fourth-order valence-corrected chi connectivity index (χ4v) is 2.08. The zero-order valence-electron chi connectivity index (χ0n) is 11.0. The van der Waals surface area contributed by atoms with Gasteiger partial charge in [0.2, 0.25) is 0 Å². The lowest BCUT2D eigenvalue weighted by atomic mass is 10.2. The number of amidine groups is 1. The molecule has 0 fully saturated rings. The van der Waals surface area contributed by atoms with Crippen molar-refractivity contribution in [3.8, 4) is 0 Å². The number of nitrogen functional groups attached to an aromatic ring is 1. The van der Waals surface area contributed by atoms with Crippen LogP contribution in [-0.2, 0) is 6.54 Å². The summed E-state index contributed by atoms with van der Waals surface area (Å²) in [6.45, 7) is -0.289. The quantitative estimate of drug-likeness (QED) is 0.567. The highest BCUT2D eigenvalue weighted by Gasteiger charge is 2.18. The third kappa shape index (κ3) is 2.26. The Morgan fingerprint density at radius 2 is 1.86 bits per heavy atom. The van der Waals surface area contributed by atoms with Crippen LogP contribution in [0.5, 0.6) is 0 Å². The van der Waals surface area contributed by atoms with Crippen LogP contribution in [0.3, 0.4) is 0 Å². The number of halogens is 3. The van der Waals surface area contributed by atoms with E-state index in [1.165, 1.54) is 0 Å². The molecule has 0 spiro atoms. The van der Waals surface area contributed by atoms with Gasteiger partial charge < -0.3 is 5.73 Å². The molecule has 0 bridgehead atoms. The average Bonchev–Trinajstić information content (AvgIpc) is 2.81. The Morgan fingerprint density at radius 3 is 2.50 bits per heavy atom. The summed E-state index contributed by atoms with van der Waals surface area (Å²) in [6, 6.07) is 1.11. The zero-order chi connectivity index (χ0) is 15.9. The molecular weight excluding hydrogens is 297 g/mol. The van der Waals surface area contributed by atoms with Crippen molar-refractivity contribution in [3.05, 3.63) is 53.4 Å². The van der Waals surface area contributed by atoms with E-state index in [2.05, 4.69) is 15.1 Å². The van der Waals surface area contributed by atoms with Gasteiger partial charge in [-0.25, -0.2) is 22.8 Å². The number of nitrogens with two attached hydrogens (primary N) is 1. The maximum absolute atomic E-state index is 13.7. The number of nitrogens with zero attached hydrogens (tertiary/aromatic N) is 4. The lowest BCUT2D eigenvalue weighted by Crippen LogP contribution is -2.13. The van der Waals surface area contributed by atoms with Crippen LogP contribution in [0.4, 0.5) is 13.2 Å². The Hall–Kier alpha value is -2.97. The topological polar surface area (TPSA) is 93.5 Å². The van der Waals surface area contributed by atoms with Crippen LogP contribution in [-0.4, -0.2) is 25.6 Å². The van der Waals surface area contributed by atoms with E-state index in [0.717, 1.165) is 29.3 Å². The van der Waals surface area contributed by atoms with E-state index >= 15 is 0 Å². The molecule has 6 nitrogen and oxygen atoms in total. The average molecular weight is 306 g/mol. The smallest absolute Gasteiger partial charge is 0.159 e. The first kappa shape index (κ1) is 14.0. The maximum Gasteiger partial charge on any atom is 0.159 e. The Bertz CT molecular complexity index is 869. The second-order valence-electron chi connectivity index (χ2n) is 4.53. The van der Waals surface area contributed by atoms with Crippen LogP contribution in [0.2, 0.25) is 0 Å². The minimum Gasteiger partial charge on any atom is -0.382 e. The maximum atomic E-state index is 13.7. The van der Waals surface area contributed by atoms with Crippen molar-refractivity contribution in [1.29, 1.82) is 5.41 Å². The first-order chi connectivity index (χ1) is 10.5. The third-order valence-corrected chi connectivity index (χ3v) is 3.07. The molecule has 0 aliphatic heterocycles. The number of aromatic nitrogens is 4. The SMILES string of the molecule is N=C(N)c1nn(Cc2c(F)cncc2F)c2ncc(F)cc12. The summed E-state index contributed by atoms with van der Waals surface area (Å²) in [5.74, 6) is -2.70. The first-order valence-electron chi connectivity index (χ1n) is 6.11. The molecule has 22 heavy (non-hydrogen) atoms. The van der Waals surface area contributed by atoms with Gasteiger partial charge in [0.15, 0.2) is 5.65 Å². The van der Waals surface area contributed by atoms with Crippen LogP contribution in [0.1, 0.15) is 11.3 Å². The fourth-order valence-electron chi connectivity index (χ4n) is 2.08. The normalized spacial score (nSPS) is 11.0. The van der Waals surface area contributed by atoms with Crippen molar-refractivity contribution in [2.75, 3.05) is 0 Å². The molecule has 0 unspecified atom stereocenters. The van der Waals surface area contributed by atoms with Crippen molar-refractivity contribution in [2.45, 2.75) is 6.54 Å². The molecule has 3 rings (SSSR count). The summed E-state index contributed by atoms with van der Waals surface area (Å²) in [7, 11) is 0. The zero-order valence-corrected chi connectivity index (χ0v) is 11.0. The summed E-state index contributed by atoms with van der Waals surface area (Å²) >= 11 is 0. The molecule has 0 aliphatic rings. The number of pyridine rings is 2. The van der Waals surface area contributed by atoms with E-state index in [-0.39, 0.29) is 28.8 Å². The summed E-state index contributed by atoms with van der Waals surface area (Å²) in [4.78, 5) is 7.25. The van der Waals surface area contributed by atoms with E-state index < -0.39 is 23.3 Å². The van der Waals surface area contributed by atoms with Crippen LogP contribution < -0.4 is 5.73 Å². The molecular formula is C13H9F3N6. The molecule has 0 aliphatic carbocycles. The number of rotatable bonds is 3. The molecule has 0 saturated heterocycles. The summed E-state index contributed by atoms with van der Waals surface area (Å²) in [5, 5.41) is 11.6. The molecule has 3 aromatic rings. The van der Waals surface area contributed by atoms with Crippen molar-refractivity contribution in [3.63, 3.8) is 0 Å². The second kappa shape index (κ2) is 5.10. The monoisotopic (exact) mass is 306 g/mol. The molecule has 0 atom stereocenters. The molecule has 0 amide bonds. The lowest BCUT2D eigenvalue weighted by Gasteiger charge is -2.05. The Kier molecular flexibility index (Phi) is 3.24. The van der Waals surface area contributed by atoms with Gasteiger partial charge in [0.1, 0.15) is 29.0 Å². The van der Waals surface area contributed by atoms with Gasteiger partial charge >= 0.3 is 0 Å². The predicted molar refractivity (Wildman–Crippen MR) is 71.8 cm³/mol. The first-order valence-corrected chi connectivity index (χ1v) is 6.11. The Balaban J connectivity index is 2.18. The van der Waals surface area contributed by atoms with Crippen molar-refractivity contribution < 1.29 is 13.2 Å². The van der Waals surface area contributed by atoms with Crippen LogP contribution in [0.25, 0.3) is 11.0 Å². The standard InChI is InChI=1S/C13H9F3N6/c14-6-1-7-11(12(17)18)21-22(13(7)20-2-6)5-8-9(15)3-19-4-10(8)16/h1-4H,5H2,(H3,17,18). The Morgan fingerprint density at radius 1 is 1.18 bits per heavy atom. The van der Waals surface area contributed by atoms with Gasteiger partial charge in [-0.05, 0) is 6.07 Å². The Labute approximate surface area is 121 Å². The second-order valence-corrected chi connectivity index (χ2v) is 4.53. The summed E-state index contributed by atoms with van der Waals surface area (Å²) < 4.78 is 41.8. The van der Waals surface area contributed by atoms with Gasteiger partial charge in [-0.3, -0.25) is 10.4 Å². The lowest BCUT2D eigenvalue weighted by molar-refractivity contribution is 0.527. The molecule has 9 heteroatoms. The van der Waals surface area contributed by atoms with Crippen LogP contribution in [0, 0.1) is 22.9 Å². The van der Waals surface area contributed by atoms with E-state index in [0.29, 0.717) is 0 Å². The van der Waals surface area contributed by atoms with Crippen molar-refractivity contribution in [2.24, 2.45) is 5.73 Å². The minimum absolute atomic E-state index is 0.00290. The molecule has 112 valence electrons. The number of hydrogen-bond acceptors (Lipinski definition) is 4. The molecule has 3 heterocycles.